The lowest BCUT2D eigenvalue weighted by Crippen LogP contribution is -2.39. The van der Waals surface area contributed by atoms with Gasteiger partial charge in [0.15, 0.2) is 11.5 Å². The molecule has 19 heavy (non-hydrogen) atoms. The van der Waals surface area contributed by atoms with Crippen LogP contribution in [-0.2, 0) is 0 Å². The molecule has 0 aliphatic carbocycles. The molecule has 1 unspecified atom stereocenters. The van der Waals surface area contributed by atoms with Gasteiger partial charge in [-0.2, -0.15) is 0 Å². The average molecular weight is 259 g/mol. The number of fused-ring (bicyclic) bond motifs is 1. The molecule has 2 N–H and O–H groups in total. The number of hydrogen-bond acceptors (Lipinski definition) is 4. The van der Waals surface area contributed by atoms with E-state index in [0.29, 0.717) is 12.1 Å². The van der Waals surface area contributed by atoms with Gasteiger partial charge in [0.1, 0.15) is 0 Å². The van der Waals surface area contributed by atoms with E-state index in [2.05, 4.69) is 28.9 Å². The summed E-state index contributed by atoms with van der Waals surface area (Å²) in [7, 11) is 0. The van der Waals surface area contributed by atoms with Crippen molar-refractivity contribution in [2.45, 2.75) is 45.2 Å². The number of pyridine rings is 1. The molecule has 3 heterocycles. The smallest absolute Gasteiger partial charge is 0.160 e. The molecule has 2 aromatic rings. The lowest BCUT2D eigenvalue weighted by Gasteiger charge is -2.37. The molecule has 0 spiro atoms. The van der Waals surface area contributed by atoms with Gasteiger partial charge in [-0.05, 0) is 45.4 Å². The Kier molecular flexibility index (Phi) is 3.14. The van der Waals surface area contributed by atoms with E-state index in [1.165, 1.54) is 12.8 Å². The molecule has 3 rings (SSSR count). The summed E-state index contributed by atoms with van der Waals surface area (Å²) in [5, 5.41) is 8.67. The molecule has 0 radical (unpaired) electrons. The molecule has 1 fully saturated rings. The van der Waals surface area contributed by atoms with Gasteiger partial charge in [0.05, 0.1) is 6.04 Å². The number of aromatic nitrogens is 3. The van der Waals surface area contributed by atoms with Crippen molar-refractivity contribution in [1.82, 2.24) is 19.5 Å². The van der Waals surface area contributed by atoms with E-state index in [1.807, 2.05) is 22.7 Å². The lowest BCUT2D eigenvalue weighted by molar-refractivity contribution is 0.105. The van der Waals surface area contributed by atoms with Crippen LogP contribution in [-0.4, -0.2) is 32.1 Å². The van der Waals surface area contributed by atoms with Gasteiger partial charge in [-0.1, -0.05) is 6.42 Å². The van der Waals surface area contributed by atoms with Crippen molar-refractivity contribution >= 4 is 11.3 Å². The van der Waals surface area contributed by atoms with Crippen molar-refractivity contribution in [2.75, 3.05) is 12.3 Å². The molecule has 0 saturated carbocycles. The molecule has 1 saturated heterocycles. The van der Waals surface area contributed by atoms with Crippen LogP contribution in [0.5, 0.6) is 0 Å². The molecule has 102 valence electrons. The predicted octanol–water partition coefficient (Wildman–Crippen LogP) is 2.25. The van der Waals surface area contributed by atoms with Crippen molar-refractivity contribution in [3.8, 4) is 0 Å². The first-order valence-electron chi connectivity index (χ1n) is 7.02. The third-order valence-corrected chi connectivity index (χ3v) is 3.96. The second kappa shape index (κ2) is 4.81. The van der Waals surface area contributed by atoms with Gasteiger partial charge in [0, 0.05) is 17.9 Å². The maximum Gasteiger partial charge on any atom is 0.160 e. The monoisotopic (exact) mass is 259 g/mol. The Hall–Kier alpha value is -1.62. The number of nitrogens with zero attached hydrogens (tertiary/aromatic N) is 4. The lowest BCUT2D eigenvalue weighted by atomic mass is 10.00. The number of hydrogen-bond donors (Lipinski definition) is 1. The number of piperidine rings is 1. The highest BCUT2D eigenvalue weighted by Gasteiger charge is 2.29. The molecule has 5 nitrogen and oxygen atoms in total. The van der Waals surface area contributed by atoms with Crippen LogP contribution in [0, 0.1) is 0 Å². The first-order chi connectivity index (χ1) is 9.16. The minimum atomic E-state index is 0.352. The average Bonchev–Trinajstić information content (AvgIpc) is 2.81. The van der Waals surface area contributed by atoms with Gasteiger partial charge in [0.25, 0.3) is 0 Å². The minimum absolute atomic E-state index is 0.352. The van der Waals surface area contributed by atoms with Gasteiger partial charge in [0.2, 0.25) is 0 Å². The summed E-state index contributed by atoms with van der Waals surface area (Å²) in [5.41, 5.74) is 7.51. The number of likely N-dealkylation sites (tertiary alicyclic amines) is 1. The normalized spacial score (nSPS) is 21.3. The van der Waals surface area contributed by atoms with Crippen LogP contribution in [0.1, 0.15) is 45.0 Å². The summed E-state index contributed by atoms with van der Waals surface area (Å²) in [4.78, 5) is 2.52. The van der Waals surface area contributed by atoms with Crippen LogP contribution in [0.3, 0.4) is 0 Å². The number of anilines is 1. The zero-order valence-electron chi connectivity index (χ0n) is 11.6. The third-order valence-electron chi connectivity index (χ3n) is 3.96. The highest BCUT2D eigenvalue weighted by Crippen LogP contribution is 2.31. The highest BCUT2D eigenvalue weighted by molar-refractivity contribution is 5.47. The number of rotatable bonds is 2. The molecule has 5 heteroatoms. The van der Waals surface area contributed by atoms with Gasteiger partial charge in [-0.3, -0.25) is 9.30 Å². The first kappa shape index (κ1) is 12.4. The van der Waals surface area contributed by atoms with Crippen LogP contribution in [0.4, 0.5) is 5.69 Å². The van der Waals surface area contributed by atoms with Crippen LogP contribution in [0.2, 0.25) is 0 Å². The third kappa shape index (κ3) is 2.18. The fourth-order valence-corrected chi connectivity index (χ4v) is 3.00. The molecule has 2 aromatic heterocycles. The molecule has 1 aliphatic rings. The largest absolute Gasteiger partial charge is 0.398 e. The van der Waals surface area contributed by atoms with Gasteiger partial charge >= 0.3 is 0 Å². The Morgan fingerprint density at radius 3 is 2.89 bits per heavy atom. The van der Waals surface area contributed by atoms with Gasteiger partial charge < -0.3 is 5.73 Å². The van der Waals surface area contributed by atoms with E-state index in [1.54, 1.807) is 0 Å². The van der Waals surface area contributed by atoms with E-state index in [-0.39, 0.29) is 0 Å². The van der Waals surface area contributed by atoms with Crippen molar-refractivity contribution < 1.29 is 0 Å². The summed E-state index contributed by atoms with van der Waals surface area (Å²) in [6.07, 6.45) is 5.60. The van der Waals surface area contributed by atoms with E-state index >= 15 is 0 Å². The number of nitrogen functional groups attached to an aromatic ring is 1. The summed E-state index contributed by atoms with van der Waals surface area (Å²) < 4.78 is 2.04. The summed E-state index contributed by atoms with van der Waals surface area (Å²) in [6, 6.07) is 4.67. The molecule has 1 atom stereocenters. The minimum Gasteiger partial charge on any atom is -0.398 e. The SMILES string of the molecule is CC(C)N1CCCCC1c1nnc2ccc(N)cn12. The molecule has 1 aliphatic heterocycles. The summed E-state index contributed by atoms with van der Waals surface area (Å²) in [5.74, 6) is 1.02. The Morgan fingerprint density at radius 1 is 1.26 bits per heavy atom. The molecular weight excluding hydrogens is 238 g/mol. The Morgan fingerprint density at radius 2 is 2.11 bits per heavy atom. The zero-order valence-corrected chi connectivity index (χ0v) is 11.6. The fraction of sp³-hybridized carbons (Fsp3) is 0.571. The van der Waals surface area contributed by atoms with Crippen molar-refractivity contribution in [3.63, 3.8) is 0 Å². The Balaban J connectivity index is 2.04. The molecule has 0 bridgehead atoms. The van der Waals surface area contributed by atoms with E-state index in [9.17, 15) is 0 Å². The van der Waals surface area contributed by atoms with E-state index in [4.69, 9.17) is 5.73 Å². The molecule has 0 amide bonds. The first-order valence-corrected chi connectivity index (χ1v) is 7.02. The van der Waals surface area contributed by atoms with Crippen LogP contribution in [0.15, 0.2) is 18.3 Å². The zero-order chi connectivity index (χ0) is 13.4. The van der Waals surface area contributed by atoms with Crippen LogP contribution in [0.25, 0.3) is 5.65 Å². The molecule has 0 aromatic carbocycles. The highest BCUT2D eigenvalue weighted by atomic mass is 15.3. The van der Waals surface area contributed by atoms with Crippen molar-refractivity contribution in [3.05, 3.63) is 24.2 Å². The maximum absolute atomic E-state index is 5.89. The maximum atomic E-state index is 5.89. The topological polar surface area (TPSA) is 59.5 Å². The van der Waals surface area contributed by atoms with E-state index in [0.717, 1.165) is 30.1 Å². The predicted molar refractivity (Wildman–Crippen MR) is 75.8 cm³/mol. The Labute approximate surface area is 113 Å². The van der Waals surface area contributed by atoms with Gasteiger partial charge in [-0.15, -0.1) is 10.2 Å². The summed E-state index contributed by atoms with van der Waals surface area (Å²) >= 11 is 0. The fourth-order valence-electron chi connectivity index (χ4n) is 3.00. The van der Waals surface area contributed by atoms with Crippen LogP contribution < -0.4 is 5.73 Å². The van der Waals surface area contributed by atoms with Crippen molar-refractivity contribution in [2.24, 2.45) is 0 Å². The Bertz CT molecular complexity index is 574. The second-order valence-electron chi connectivity index (χ2n) is 5.59. The van der Waals surface area contributed by atoms with E-state index < -0.39 is 0 Å². The number of nitrogens with two attached hydrogens (primary N) is 1. The standard InChI is InChI=1S/C14H21N5/c1-10(2)18-8-4-3-5-12(18)14-17-16-13-7-6-11(15)9-19(13)14/h6-7,9-10,12H,3-5,8,15H2,1-2H3. The quantitative estimate of drug-likeness (QED) is 0.898. The van der Waals surface area contributed by atoms with Gasteiger partial charge in [-0.25, -0.2) is 0 Å². The summed E-state index contributed by atoms with van der Waals surface area (Å²) in [6.45, 7) is 5.63. The van der Waals surface area contributed by atoms with Crippen molar-refractivity contribution in [1.29, 1.82) is 0 Å². The molecular formula is C14H21N5. The van der Waals surface area contributed by atoms with Crippen LogP contribution >= 0.6 is 0 Å². The second-order valence-corrected chi connectivity index (χ2v) is 5.59.